The number of carbonyl (C=O) groups is 2. The average Bonchev–Trinajstić information content (AvgIpc) is 3.76. The fraction of sp³-hybridized carbons (Fsp3) is 0.351. The van der Waals surface area contributed by atoms with Gasteiger partial charge in [-0.25, -0.2) is 22.0 Å². The number of aliphatic carboxylic acids is 2. The number of aromatic nitrogens is 1. The molecule has 0 spiro atoms. The summed E-state index contributed by atoms with van der Waals surface area (Å²) in [6, 6.07) is 12.8. The van der Waals surface area contributed by atoms with Gasteiger partial charge in [-0.05, 0) is 93.2 Å². The number of para-hydroxylation sites is 1. The molecule has 0 atom stereocenters. The number of aryl methyl sites for hydroxylation is 1. The average molecular weight is 668 g/mol. The van der Waals surface area contributed by atoms with Gasteiger partial charge in [-0.2, -0.15) is 0 Å². The SMILES string of the molecule is Cc1c(CCCC(=O)O)c2cccc(C#Cc3ccc(OCCCCc4c(F)c(F)c(F)c(F)c4F)cc3)c2n1CC1(CC(=O)O)CC1. The third-order valence-electron chi connectivity index (χ3n) is 8.85. The Morgan fingerprint density at radius 1 is 0.812 bits per heavy atom. The topological polar surface area (TPSA) is 88.8 Å². The molecule has 3 aromatic carbocycles. The monoisotopic (exact) mass is 667 g/mol. The summed E-state index contributed by atoms with van der Waals surface area (Å²) in [6.07, 6.45) is 2.95. The normalized spacial score (nSPS) is 13.3. The fourth-order valence-electron chi connectivity index (χ4n) is 6.10. The first-order valence-electron chi connectivity index (χ1n) is 15.7. The van der Waals surface area contributed by atoms with Gasteiger partial charge in [0.05, 0.1) is 18.5 Å². The van der Waals surface area contributed by atoms with Gasteiger partial charge in [0.2, 0.25) is 5.82 Å². The van der Waals surface area contributed by atoms with Gasteiger partial charge in [-0.1, -0.05) is 24.0 Å². The van der Waals surface area contributed by atoms with Gasteiger partial charge < -0.3 is 19.5 Å². The molecule has 4 aromatic rings. The van der Waals surface area contributed by atoms with Crippen molar-refractivity contribution in [1.29, 1.82) is 0 Å². The van der Waals surface area contributed by atoms with Crippen molar-refractivity contribution in [2.45, 2.75) is 71.3 Å². The third-order valence-corrected chi connectivity index (χ3v) is 8.85. The number of rotatable bonds is 14. The second-order valence-electron chi connectivity index (χ2n) is 12.3. The largest absolute Gasteiger partial charge is 0.494 e. The van der Waals surface area contributed by atoms with E-state index in [9.17, 15) is 36.6 Å². The van der Waals surface area contributed by atoms with Crippen LogP contribution in [0.15, 0.2) is 42.5 Å². The van der Waals surface area contributed by atoms with Gasteiger partial charge in [0, 0.05) is 40.7 Å². The Kier molecular flexibility index (Phi) is 10.4. The van der Waals surface area contributed by atoms with Gasteiger partial charge in [0.1, 0.15) is 5.75 Å². The van der Waals surface area contributed by atoms with Crippen molar-refractivity contribution in [2.24, 2.45) is 5.41 Å². The summed E-state index contributed by atoms with van der Waals surface area (Å²) in [5.74, 6) is -4.45. The number of carboxylic acids is 2. The van der Waals surface area contributed by atoms with Gasteiger partial charge in [0.15, 0.2) is 23.3 Å². The summed E-state index contributed by atoms with van der Waals surface area (Å²) in [4.78, 5) is 22.8. The van der Waals surface area contributed by atoms with Gasteiger partial charge in [0.25, 0.3) is 0 Å². The Morgan fingerprint density at radius 3 is 2.08 bits per heavy atom. The number of carboxylic acid groups (broad SMARTS) is 2. The molecule has 0 aliphatic heterocycles. The molecule has 6 nitrogen and oxygen atoms in total. The van der Waals surface area contributed by atoms with E-state index in [2.05, 4.69) is 16.4 Å². The molecule has 0 unspecified atom stereocenters. The van der Waals surface area contributed by atoms with Crippen LogP contribution in [-0.2, 0) is 29.0 Å². The van der Waals surface area contributed by atoms with E-state index in [4.69, 9.17) is 9.84 Å². The lowest BCUT2D eigenvalue weighted by Gasteiger charge is -2.17. The number of ether oxygens (including phenoxy) is 1. The van der Waals surface area contributed by atoms with Gasteiger partial charge in [-0.15, -0.1) is 0 Å². The van der Waals surface area contributed by atoms with Crippen LogP contribution in [0, 0.1) is 53.3 Å². The summed E-state index contributed by atoms with van der Waals surface area (Å²) in [7, 11) is 0. The molecule has 1 aliphatic carbocycles. The molecule has 1 saturated carbocycles. The highest BCUT2D eigenvalue weighted by atomic mass is 19.2. The molecule has 1 heterocycles. The van der Waals surface area contributed by atoms with Crippen LogP contribution in [-0.4, -0.2) is 33.3 Å². The Labute approximate surface area is 274 Å². The number of hydrogen-bond acceptors (Lipinski definition) is 3. The van der Waals surface area contributed by atoms with E-state index >= 15 is 0 Å². The minimum absolute atomic E-state index is 0.0483. The van der Waals surface area contributed by atoms with Crippen LogP contribution in [0.5, 0.6) is 5.75 Å². The third kappa shape index (κ3) is 7.64. The number of hydrogen-bond donors (Lipinski definition) is 2. The Morgan fingerprint density at radius 2 is 1.46 bits per heavy atom. The molecule has 0 amide bonds. The molecule has 252 valence electrons. The van der Waals surface area contributed by atoms with Crippen LogP contribution >= 0.6 is 0 Å². The van der Waals surface area contributed by atoms with Crippen LogP contribution in [0.25, 0.3) is 10.9 Å². The molecule has 48 heavy (non-hydrogen) atoms. The number of fused-ring (bicyclic) bond motifs is 1. The van der Waals surface area contributed by atoms with E-state index < -0.39 is 46.6 Å². The van der Waals surface area contributed by atoms with Crippen LogP contribution in [0.1, 0.15) is 72.9 Å². The number of nitrogens with zero attached hydrogens (tertiary/aromatic N) is 1. The molecular weight excluding hydrogens is 633 g/mol. The first kappa shape index (κ1) is 34.5. The predicted molar refractivity (Wildman–Crippen MR) is 168 cm³/mol. The van der Waals surface area contributed by atoms with E-state index in [0.717, 1.165) is 40.6 Å². The maximum Gasteiger partial charge on any atom is 0.303 e. The second-order valence-corrected chi connectivity index (χ2v) is 12.3. The minimum atomic E-state index is -2.18. The highest BCUT2D eigenvalue weighted by molar-refractivity contribution is 5.90. The van der Waals surface area contributed by atoms with Crippen molar-refractivity contribution in [3.63, 3.8) is 0 Å². The molecule has 0 radical (unpaired) electrons. The molecule has 1 aromatic heterocycles. The Hall–Kier alpha value is -4.85. The predicted octanol–water partition coefficient (Wildman–Crippen LogP) is 8.11. The van der Waals surface area contributed by atoms with Crippen LogP contribution in [0.2, 0.25) is 0 Å². The number of halogens is 5. The second kappa shape index (κ2) is 14.5. The summed E-state index contributed by atoms with van der Waals surface area (Å²) in [5.41, 5.74) is 3.22. The van der Waals surface area contributed by atoms with E-state index in [1.165, 1.54) is 0 Å². The van der Waals surface area contributed by atoms with Crippen LogP contribution in [0.4, 0.5) is 22.0 Å². The van der Waals surface area contributed by atoms with E-state index in [1.54, 1.807) is 24.3 Å². The fourth-order valence-corrected chi connectivity index (χ4v) is 6.10. The van der Waals surface area contributed by atoms with E-state index in [0.29, 0.717) is 37.1 Å². The minimum Gasteiger partial charge on any atom is -0.494 e. The maximum atomic E-state index is 13.9. The standard InChI is InChI=1S/C37H34F5NO5/c1-22-26(8-5-10-29(44)45)27-9-4-6-24(36(27)43(22)21-37(17-18-37)20-30(46)47)14-11-23-12-15-25(16-13-23)48-19-3-2-7-28-31(38)33(40)35(42)34(41)32(28)39/h4,6,9,12-13,15-16H,2-3,5,7-8,10,17-21H2,1H3,(H,44,45)(H,46,47). The van der Waals surface area contributed by atoms with Crippen molar-refractivity contribution in [1.82, 2.24) is 4.57 Å². The molecule has 1 aliphatic rings. The number of unbranched alkanes of at least 4 members (excludes halogenated alkanes) is 1. The summed E-state index contributed by atoms with van der Waals surface area (Å²) >= 11 is 0. The number of benzene rings is 3. The van der Waals surface area contributed by atoms with E-state index in [1.807, 2.05) is 25.1 Å². The summed E-state index contributed by atoms with van der Waals surface area (Å²) in [6.45, 7) is 2.69. The Balaban J connectivity index is 1.28. The van der Waals surface area contributed by atoms with Crippen molar-refractivity contribution < 1.29 is 46.5 Å². The molecule has 1 fully saturated rings. The van der Waals surface area contributed by atoms with Gasteiger partial charge >= 0.3 is 11.9 Å². The lowest BCUT2D eigenvalue weighted by molar-refractivity contribution is -0.139. The lowest BCUT2D eigenvalue weighted by atomic mass is 10.0. The highest BCUT2D eigenvalue weighted by Crippen LogP contribution is 2.51. The van der Waals surface area contributed by atoms with Crippen molar-refractivity contribution >= 4 is 22.8 Å². The van der Waals surface area contributed by atoms with Crippen LogP contribution in [0.3, 0.4) is 0 Å². The zero-order chi connectivity index (χ0) is 34.6. The quantitative estimate of drug-likeness (QED) is 0.0467. The van der Waals surface area contributed by atoms with Crippen molar-refractivity contribution in [2.75, 3.05) is 6.61 Å². The zero-order valence-electron chi connectivity index (χ0n) is 26.3. The molecular formula is C37H34F5NO5. The van der Waals surface area contributed by atoms with Gasteiger partial charge in [-0.3, -0.25) is 9.59 Å². The summed E-state index contributed by atoms with van der Waals surface area (Å²) < 4.78 is 75.7. The summed E-state index contributed by atoms with van der Waals surface area (Å²) in [5, 5.41) is 19.6. The first-order chi connectivity index (χ1) is 22.9. The first-order valence-corrected chi connectivity index (χ1v) is 15.7. The zero-order valence-corrected chi connectivity index (χ0v) is 26.3. The maximum absolute atomic E-state index is 13.9. The van der Waals surface area contributed by atoms with Crippen LogP contribution < -0.4 is 4.74 Å². The molecule has 11 heteroatoms. The molecule has 5 rings (SSSR count). The van der Waals surface area contributed by atoms with E-state index in [-0.39, 0.29) is 37.7 Å². The molecule has 0 bridgehead atoms. The lowest BCUT2D eigenvalue weighted by Crippen LogP contribution is -2.17. The molecule has 2 N–H and O–H groups in total. The van der Waals surface area contributed by atoms with Crippen molar-refractivity contribution in [3.05, 3.63) is 99.5 Å². The Bertz CT molecular complexity index is 1890. The van der Waals surface area contributed by atoms with Crippen molar-refractivity contribution in [3.8, 4) is 17.6 Å². The highest BCUT2D eigenvalue weighted by Gasteiger charge is 2.45. The smallest absolute Gasteiger partial charge is 0.303 e. The molecule has 0 saturated heterocycles.